The van der Waals surface area contributed by atoms with E-state index in [0.29, 0.717) is 12.5 Å². The quantitative estimate of drug-likeness (QED) is 0.902. The summed E-state index contributed by atoms with van der Waals surface area (Å²) in [6.07, 6.45) is 3.34. The topological polar surface area (TPSA) is 23.5 Å². The SMILES string of the molecule is Cc1cc(Br)ccc1N1CCCC(CCO)C1(C)C. The Kier molecular flexibility index (Phi) is 4.57. The van der Waals surface area contributed by atoms with Gasteiger partial charge in [0, 0.05) is 28.9 Å². The summed E-state index contributed by atoms with van der Waals surface area (Å²) < 4.78 is 1.13. The zero-order valence-corrected chi connectivity index (χ0v) is 13.7. The third-order valence-electron chi connectivity index (χ3n) is 4.56. The molecule has 0 bridgehead atoms. The summed E-state index contributed by atoms with van der Waals surface area (Å²) in [5, 5.41) is 9.27. The van der Waals surface area contributed by atoms with Crippen LogP contribution in [0.25, 0.3) is 0 Å². The van der Waals surface area contributed by atoms with Crippen LogP contribution in [-0.4, -0.2) is 23.8 Å². The van der Waals surface area contributed by atoms with Crippen LogP contribution < -0.4 is 4.90 Å². The van der Waals surface area contributed by atoms with Crippen LogP contribution in [0.15, 0.2) is 22.7 Å². The number of hydrogen-bond acceptors (Lipinski definition) is 2. The molecular formula is C16H24BrNO. The van der Waals surface area contributed by atoms with E-state index in [9.17, 15) is 5.11 Å². The molecule has 1 atom stereocenters. The van der Waals surface area contributed by atoms with Crippen LogP contribution in [0, 0.1) is 12.8 Å². The molecule has 1 fully saturated rings. The molecule has 1 aliphatic heterocycles. The molecule has 0 aromatic heterocycles. The highest BCUT2D eigenvalue weighted by atomic mass is 79.9. The van der Waals surface area contributed by atoms with Crippen molar-refractivity contribution < 1.29 is 5.11 Å². The van der Waals surface area contributed by atoms with Crippen molar-refractivity contribution in [2.75, 3.05) is 18.1 Å². The van der Waals surface area contributed by atoms with Crippen LogP contribution in [-0.2, 0) is 0 Å². The van der Waals surface area contributed by atoms with Gasteiger partial charge in [-0.15, -0.1) is 0 Å². The molecule has 19 heavy (non-hydrogen) atoms. The van der Waals surface area contributed by atoms with Crippen LogP contribution in [0.2, 0.25) is 0 Å². The normalized spacial score (nSPS) is 22.6. The second-order valence-corrected chi connectivity index (χ2v) is 7.00. The maximum atomic E-state index is 9.27. The molecule has 1 saturated heterocycles. The Morgan fingerprint density at radius 1 is 1.42 bits per heavy atom. The van der Waals surface area contributed by atoms with Crippen LogP contribution in [0.3, 0.4) is 0 Å². The smallest absolute Gasteiger partial charge is 0.0434 e. The molecule has 1 heterocycles. The lowest BCUT2D eigenvalue weighted by Crippen LogP contribution is -2.54. The lowest BCUT2D eigenvalue weighted by Gasteiger charge is -2.50. The van der Waals surface area contributed by atoms with Crippen molar-refractivity contribution in [1.29, 1.82) is 0 Å². The fraction of sp³-hybridized carbons (Fsp3) is 0.625. The van der Waals surface area contributed by atoms with E-state index in [1.165, 1.54) is 24.1 Å². The number of anilines is 1. The molecule has 3 heteroatoms. The molecule has 1 aliphatic rings. The van der Waals surface area contributed by atoms with E-state index in [0.717, 1.165) is 17.4 Å². The number of rotatable bonds is 3. The van der Waals surface area contributed by atoms with Gasteiger partial charge in [0.25, 0.3) is 0 Å². The molecule has 1 aromatic rings. The van der Waals surface area contributed by atoms with Crippen LogP contribution in [0.5, 0.6) is 0 Å². The average molecular weight is 326 g/mol. The Labute approximate surface area is 124 Å². The third-order valence-corrected chi connectivity index (χ3v) is 5.05. The Bertz CT molecular complexity index is 442. The number of hydrogen-bond donors (Lipinski definition) is 1. The molecule has 0 radical (unpaired) electrons. The van der Waals surface area contributed by atoms with Gasteiger partial charge in [-0.3, -0.25) is 0 Å². The van der Waals surface area contributed by atoms with Gasteiger partial charge in [-0.2, -0.15) is 0 Å². The van der Waals surface area contributed by atoms with Gasteiger partial charge in [-0.05, 0) is 69.7 Å². The summed E-state index contributed by atoms with van der Waals surface area (Å²) in [6.45, 7) is 8.20. The fourth-order valence-electron chi connectivity index (χ4n) is 3.36. The zero-order chi connectivity index (χ0) is 14.0. The van der Waals surface area contributed by atoms with E-state index in [1.54, 1.807) is 0 Å². The standard InChI is InChI=1S/C16H24BrNO/c1-12-11-14(17)6-7-15(12)18-9-4-5-13(8-10-19)16(18,2)3/h6-7,11,13,19H,4-5,8-10H2,1-3H3. The Morgan fingerprint density at radius 3 is 2.79 bits per heavy atom. The molecule has 0 aliphatic carbocycles. The number of aryl methyl sites for hydroxylation is 1. The average Bonchev–Trinajstić information content (AvgIpc) is 2.33. The number of benzene rings is 1. The molecule has 2 nitrogen and oxygen atoms in total. The largest absolute Gasteiger partial charge is 0.396 e. The highest BCUT2D eigenvalue weighted by Crippen LogP contribution is 2.40. The molecule has 2 rings (SSSR count). The number of aliphatic hydroxyl groups excluding tert-OH is 1. The first-order valence-corrected chi connectivity index (χ1v) is 7.90. The minimum atomic E-state index is 0.111. The maximum absolute atomic E-state index is 9.27. The number of nitrogens with zero attached hydrogens (tertiary/aromatic N) is 1. The van der Waals surface area contributed by atoms with E-state index in [1.807, 2.05) is 0 Å². The highest BCUT2D eigenvalue weighted by molar-refractivity contribution is 9.10. The molecule has 106 valence electrons. The van der Waals surface area contributed by atoms with Gasteiger partial charge in [0.05, 0.1) is 0 Å². The predicted molar refractivity (Wildman–Crippen MR) is 84.7 cm³/mol. The summed E-state index contributed by atoms with van der Waals surface area (Å²) in [5.41, 5.74) is 2.75. The minimum Gasteiger partial charge on any atom is -0.396 e. The lowest BCUT2D eigenvalue weighted by atomic mass is 9.77. The second kappa shape index (κ2) is 5.84. The molecular weight excluding hydrogens is 302 g/mol. The Balaban J connectivity index is 2.32. The molecule has 0 amide bonds. The first kappa shape index (κ1) is 14.9. The van der Waals surface area contributed by atoms with Crippen molar-refractivity contribution >= 4 is 21.6 Å². The van der Waals surface area contributed by atoms with Crippen molar-refractivity contribution in [1.82, 2.24) is 0 Å². The lowest BCUT2D eigenvalue weighted by molar-refractivity contribution is 0.176. The van der Waals surface area contributed by atoms with E-state index in [-0.39, 0.29) is 5.54 Å². The highest BCUT2D eigenvalue weighted by Gasteiger charge is 2.38. The van der Waals surface area contributed by atoms with Gasteiger partial charge < -0.3 is 10.0 Å². The molecule has 1 unspecified atom stereocenters. The van der Waals surface area contributed by atoms with E-state index in [2.05, 4.69) is 59.8 Å². The van der Waals surface area contributed by atoms with Gasteiger partial charge >= 0.3 is 0 Å². The van der Waals surface area contributed by atoms with Crippen molar-refractivity contribution in [3.05, 3.63) is 28.2 Å². The summed E-state index contributed by atoms with van der Waals surface area (Å²) in [5.74, 6) is 0.564. The van der Waals surface area contributed by atoms with Crippen molar-refractivity contribution in [3.63, 3.8) is 0 Å². The summed E-state index contributed by atoms with van der Waals surface area (Å²) in [6, 6.07) is 6.51. The fourth-order valence-corrected chi connectivity index (χ4v) is 3.84. The van der Waals surface area contributed by atoms with E-state index in [4.69, 9.17) is 0 Å². The molecule has 1 N–H and O–H groups in total. The monoisotopic (exact) mass is 325 g/mol. The van der Waals surface area contributed by atoms with Crippen molar-refractivity contribution in [2.45, 2.75) is 45.6 Å². The van der Waals surface area contributed by atoms with Crippen molar-refractivity contribution in [2.24, 2.45) is 5.92 Å². The Hall–Kier alpha value is -0.540. The van der Waals surface area contributed by atoms with Gasteiger partial charge in [-0.25, -0.2) is 0 Å². The number of halogens is 1. The van der Waals surface area contributed by atoms with E-state index >= 15 is 0 Å². The Morgan fingerprint density at radius 2 is 2.16 bits per heavy atom. The number of aliphatic hydroxyl groups is 1. The summed E-state index contributed by atoms with van der Waals surface area (Å²) in [4.78, 5) is 2.53. The molecule has 1 aromatic carbocycles. The first-order chi connectivity index (χ1) is 8.96. The van der Waals surface area contributed by atoms with E-state index < -0.39 is 0 Å². The molecule has 0 spiro atoms. The van der Waals surface area contributed by atoms with Gasteiger partial charge in [0.15, 0.2) is 0 Å². The minimum absolute atomic E-state index is 0.111. The third kappa shape index (κ3) is 2.97. The van der Waals surface area contributed by atoms with Crippen LogP contribution in [0.1, 0.15) is 38.7 Å². The van der Waals surface area contributed by atoms with Gasteiger partial charge in [0.2, 0.25) is 0 Å². The van der Waals surface area contributed by atoms with Crippen molar-refractivity contribution in [3.8, 4) is 0 Å². The number of piperidine rings is 1. The first-order valence-electron chi connectivity index (χ1n) is 7.11. The maximum Gasteiger partial charge on any atom is 0.0434 e. The summed E-state index contributed by atoms with van der Waals surface area (Å²) >= 11 is 3.53. The predicted octanol–water partition coefficient (Wildman–Crippen LogP) is 4.13. The van der Waals surface area contributed by atoms with Gasteiger partial charge in [-0.1, -0.05) is 15.9 Å². The second-order valence-electron chi connectivity index (χ2n) is 6.09. The van der Waals surface area contributed by atoms with Crippen LogP contribution >= 0.6 is 15.9 Å². The van der Waals surface area contributed by atoms with Crippen LogP contribution in [0.4, 0.5) is 5.69 Å². The van der Waals surface area contributed by atoms with Gasteiger partial charge in [0.1, 0.15) is 0 Å². The molecule has 0 saturated carbocycles. The summed E-state index contributed by atoms with van der Waals surface area (Å²) in [7, 11) is 0. The zero-order valence-electron chi connectivity index (χ0n) is 12.1.